The molecular weight excluding hydrogens is 241 g/mol. The zero-order valence-corrected chi connectivity index (χ0v) is 12.1. The Morgan fingerprint density at radius 1 is 1.42 bits per heavy atom. The molecule has 3 nitrogen and oxygen atoms in total. The Bertz CT molecular complexity index is 433. The van der Waals surface area contributed by atoms with Crippen LogP contribution in [0.2, 0.25) is 0 Å². The van der Waals surface area contributed by atoms with E-state index in [-0.39, 0.29) is 11.9 Å². The quantitative estimate of drug-likeness (QED) is 0.910. The summed E-state index contributed by atoms with van der Waals surface area (Å²) in [6.45, 7) is 7.11. The van der Waals surface area contributed by atoms with Crippen LogP contribution in [0.1, 0.15) is 31.9 Å². The minimum atomic E-state index is -0.211. The van der Waals surface area contributed by atoms with E-state index in [0.29, 0.717) is 6.04 Å². The number of anilines is 1. The van der Waals surface area contributed by atoms with Crippen LogP contribution in [0.4, 0.5) is 10.1 Å². The molecule has 106 valence electrons. The molecule has 2 N–H and O–H groups in total. The minimum Gasteiger partial charge on any atom is -0.368 e. The average molecular weight is 265 g/mol. The molecule has 1 aliphatic rings. The first-order valence-corrected chi connectivity index (χ1v) is 7.03. The summed E-state index contributed by atoms with van der Waals surface area (Å²) in [5.74, 6) is -0.211. The van der Waals surface area contributed by atoms with Gasteiger partial charge in [-0.3, -0.25) is 4.90 Å². The van der Waals surface area contributed by atoms with Crippen molar-refractivity contribution in [3.63, 3.8) is 0 Å². The Morgan fingerprint density at radius 3 is 2.79 bits per heavy atom. The molecule has 1 fully saturated rings. The lowest BCUT2D eigenvalue weighted by atomic mass is 10.0. The Kier molecular flexibility index (Phi) is 4.42. The van der Waals surface area contributed by atoms with Gasteiger partial charge in [0.25, 0.3) is 0 Å². The van der Waals surface area contributed by atoms with E-state index >= 15 is 0 Å². The zero-order chi connectivity index (χ0) is 14.0. The smallest absolute Gasteiger partial charge is 0.123 e. The molecule has 0 spiro atoms. The van der Waals surface area contributed by atoms with Crippen LogP contribution in [-0.2, 0) is 0 Å². The van der Waals surface area contributed by atoms with Gasteiger partial charge in [0, 0.05) is 37.4 Å². The van der Waals surface area contributed by atoms with Gasteiger partial charge < -0.3 is 10.6 Å². The molecule has 0 amide bonds. The first-order valence-electron chi connectivity index (χ1n) is 7.03. The Labute approximate surface area is 115 Å². The predicted octanol–water partition coefficient (Wildman–Crippen LogP) is 2.38. The van der Waals surface area contributed by atoms with E-state index in [1.807, 2.05) is 13.0 Å². The fraction of sp³-hybridized carbons (Fsp3) is 0.600. The van der Waals surface area contributed by atoms with Crippen LogP contribution in [0.5, 0.6) is 0 Å². The fourth-order valence-corrected chi connectivity index (χ4v) is 2.78. The number of nitrogens with zero attached hydrogens (tertiary/aromatic N) is 2. The van der Waals surface area contributed by atoms with Crippen LogP contribution in [0.3, 0.4) is 0 Å². The van der Waals surface area contributed by atoms with Crippen molar-refractivity contribution in [3.8, 4) is 0 Å². The van der Waals surface area contributed by atoms with Crippen LogP contribution < -0.4 is 10.6 Å². The van der Waals surface area contributed by atoms with Crippen LogP contribution in [0.25, 0.3) is 0 Å². The minimum absolute atomic E-state index is 0.148. The average Bonchev–Trinajstić information content (AvgIpc) is 2.39. The third kappa shape index (κ3) is 3.07. The number of benzene rings is 1. The van der Waals surface area contributed by atoms with E-state index in [0.717, 1.165) is 37.3 Å². The van der Waals surface area contributed by atoms with Crippen LogP contribution in [0, 0.1) is 5.82 Å². The molecule has 1 aromatic rings. The van der Waals surface area contributed by atoms with Gasteiger partial charge in [-0.15, -0.1) is 0 Å². The van der Waals surface area contributed by atoms with Gasteiger partial charge >= 0.3 is 0 Å². The number of hydrogen-bond acceptors (Lipinski definition) is 3. The summed E-state index contributed by atoms with van der Waals surface area (Å²) in [5.41, 5.74) is 7.97. The van der Waals surface area contributed by atoms with E-state index in [2.05, 4.69) is 23.8 Å². The highest BCUT2D eigenvalue weighted by Crippen LogP contribution is 2.28. The summed E-state index contributed by atoms with van der Waals surface area (Å²) >= 11 is 0. The molecule has 1 aromatic carbocycles. The molecule has 19 heavy (non-hydrogen) atoms. The Morgan fingerprint density at radius 2 is 2.16 bits per heavy atom. The summed E-state index contributed by atoms with van der Waals surface area (Å²) in [4.78, 5) is 4.73. The van der Waals surface area contributed by atoms with Crippen LogP contribution >= 0.6 is 0 Å². The molecule has 0 aromatic heterocycles. The number of halogens is 1. The number of likely N-dealkylation sites (N-methyl/N-ethyl adjacent to an activating group) is 1. The molecule has 2 rings (SSSR count). The van der Waals surface area contributed by atoms with E-state index in [1.54, 1.807) is 6.07 Å². The van der Waals surface area contributed by atoms with Gasteiger partial charge in [0.15, 0.2) is 0 Å². The topological polar surface area (TPSA) is 32.5 Å². The first-order chi connectivity index (χ1) is 9.02. The van der Waals surface area contributed by atoms with E-state index < -0.39 is 0 Å². The molecule has 1 unspecified atom stereocenters. The molecule has 1 saturated heterocycles. The molecule has 0 bridgehead atoms. The largest absolute Gasteiger partial charge is 0.368 e. The van der Waals surface area contributed by atoms with Gasteiger partial charge in [-0.25, -0.2) is 4.39 Å². The first kappa shape index (κ1) is 14.3. The molecule has 2 atom stereocenters. The fourth-order valence-electron chi connectivity index (χ4n) is 2.78. The van der Waals surface area contributed by atoms with E-state index in [4.69, 9.17) is 5.73 Å². The number of rotatable bonds is 3. The Hall–Kier alpha value is -1.13. The Balaban J connectivity index is 2.26. The number of piperazine rings is 1. The maximum Gasteiger partial charge on any atom is 0.123 e. The van der Waals surface area contributed by atoms with Crippen LogP contribution in [-0.4, -0.2) is 37.6 Å². The summed E-state index contributed by atoms with van der Waals surface area (Å²) in [7, 11) is 2.17. The second-order valence-electron chi connectivity index (χ2n) is 5.48. The predicted molar refractivity (Wildman–Crippen MR) is 77.9 cm³/mol. The lowest BCUT2D eigenvalue weighted by Crippen LogP contribution is -2.51. The van der Waals surface area contributed by atoms with Crippen molar-refractivity contribution in [3.05, 3.63) is 29.6 Å². The van der Waals surface area contributed by atoms with Gasteiger partial charge in [0.2, 0.25) is 0 Å². The summed E-state index contributed by atoms with van der Waals surface area (Å²) in [6.07, 6.45) is 1.13. The lowest BCUT2D eigenvalue weighted by molar-refractivity contribution is 0.213. The van der Waals surface area contributed by atoms with Crippen molar-refractivity contribution in [2.24, 2.45) is 5.73 Å². The van der Waals surface area contributed by atoms with Crippen molar-refractivity contribution in [1.82, 2.24) is 4.90 Å². The van der Waals surface area contributed by atoms with Gasteiger partial charge in [0.1, 0.15) is 5.82 Å². The molecule has 1 heterocycles. The second kappa shape index (κ2) is 5.88. The standard InChI is InChI=1S/C15H24FN3/c1-4-13-10-19(8-7-18(13)3)15-6-5-12(16)9-14(15)11(2)17/h5-6,9,11,13H,4,7-8,10,17H2,1-3H3/t11-,13?/m1/s1. The number of nitrogens with two attached hydrogens (primary N) is 1. The second-order valence-corrected chi connectivity index (χ2v) is 5.48. The SMILES string of the molecule is CCC1CN(c2ccc(F)cc2[C@@H](C)N)CCN1C. The highest BCUT2D eigenvalue weighted by atomic mass is 19.1. The van der Waals surface area contributed by atoms with Crippen molar-refractivity contribution >= 4 is 5.69 Å². The number of hydrogen-bond donors (Lipinski definition) is 1. The molecule has 0 aliphatic carbocycles. The molecule has 1 aliphatic heterocycles. The third-order valence-electron chi connectivity index (χ3n) is 4.07. The molecule has 0 radical (unpaired) electrons. The van der Waals surface area contributed by atoms with Gasteiger partial charge in [-0.05, 0) is 44.2 Å². The van der Waals surface area contributed by atoms with Gasteiger partial charge in [-0.1, -0.05) is 6.92 Å². The normalized spacial score (nSPS) is 22.6. The van der Waals surface area contributed by atoms with Crippen molar-refractivity contribution < 1.29 is 4.39 Å². The van der Waals surface area contributed by atoms with Crippen LogP contribution in [0.15, 0.2) is 18.2 Å². The van der Waals surface area contributed by atoms with Crippen molar-refractivity contribution in [2.45, 2.75) is 32.4 Å². The molecule has 4 heteroatoms. The van der Waals surface area contributed by atoms with Crippen molar-refractivity contribution in [2.75, 3.05) is 31.6 Å². The summed E-state index contributed by atoms with van der Waals surface area (Å²) < 4.78 is 13.4. The highest BCUT2D eigenvalue weighted by Gasteiger charge is 2.25. The summed E-state index contributed by atoms with van der Waals surface area (Å²) in [5, 5.41) is 0. The lowest BCUT2D eigenvalue weighted by Gasteiger charge is -2.41. The molecule has 0 saturated carbocycles. The van der Waals surface area contributed by atoms with Gasteiger partial charge in [-0.2, -0.15) is 0 Å². The van der Waals surface area contributed by atoms with E-state index in [9.17, 15) is 4.39 Å². The zero-order valence-electron chi connectivity index (χ0n) is 12.1. The molecular formula is C15H24FN3. The maximum absolute atomic E-state index is 13.4. The van der Waals surface area contributed by atoms with Crippen molar-refractivity contribution in [1.29, 1.82) is 0 Å². The summed E-state index contributed by atoms with van der Waals surface area (Å²) in [6, 6.07) is 5.37. The monoisotopic (exact) mass is 265 g/mol. The van der Waals surface area contributed by atoms with E-state index in [1.165, 1.54) is 6.07 Å². The van der Waals surface area contributed by atoms with Gasteiger partial charge in [0.05, 0.1) is 0 Å². The highest BCUT2D eigenvalue weighted by molar-refractivity contribution is 5.55. The maximum atomic E-state index is 13.4. The third-order valence-corrected chi connectivity index (χ3v) is 4.07.